The molecule has 1 aliphatic heterocycles. The van der Waals surface area contributed by atoms with Crippen molar-refractivity contribution in [3.8, 4) is 0 Å². The van der Waals surface area contributed by atoms with Crippen molar-refractivity contribution in [1.29, 1.82) is 0 Å². The van der Waals surface area contributed by atoms with Crippen molar-refractivity contribution >= 4 is 0 Å². The largest absolute Gasteiger partial charge is 0.311 e. The maximum absolute atomic E-state index is 3.73. The highest BCUT2D eigenvalue weighted by Crippen LogP contribution is 2.16. The second-order valence-corrected chi connectivity index (χ2v) is 6.00. The Morgan fingerprint density at radius 2 is 2.00 bits per heavy atom. The molecule has 1 heterocycles. The van der Waals surface area contributed by atoms with E-state index in [2.05, 4.69) is 37.9 Å². The van der Waals surface area contributed by atoms with Crippen LogP contribution in [0.3, 0.4) is 0 Å². The smallest absolute Gasteiger partial charge is 0.0218 e. The maximum atomic E-state index is 3.73. The molecule has 0 saturated carbocycles. The number of rotatable bonds is 7. The monoisotopic (exact) mass is 240 g/mol. The summed E-state index contributed by atoms with van der Waals surface area (Å²) in [5, 5.41) is 3.73. The minimum atomic E-state index is 0.722. The summed E-state index contributed by atoms with van der Waals surface area (Å²) in [6, 6.07) is 1.50. The fourth-order valence-corrected chi connectivity index (χ4v) is 2.90. The number of nitrogens with one attached hydrogen (secondary N) is 1. The van der Waals surface area contributed by atoms with Gasteiger partial charge in [0, 0.05) is 25.2 Å². The van der Waals surface area contributed by atoms with Gasteiger partial charge in [-0.2, -0.15) is 0 Å². The van der Waals surface area contributed by atoms with Crippen LogP contribution in [0.4, 0.5) is 0 Å². The average molecular weight is 240 g/mol. The summed E-state index contributed by atoms with van der Waals surface area (Å²) in [7, 11) is 0. The lowest BCUT2D eigenvalue weighted by atomic mass is 9.98. The van der Waals surface area contributed by atoms with E-state index in [0.717, 1.165) is 18.0 Å². The second-order valence-electron chi connectivity index (χ2n) is 6.00. The zero-order valence-corrected chi connectivity index (χ0v) is 12.3. The molecule has 0 aromatic rings. The molecule has 0 aromatic carbocycles. The van der Waals surface area contributed by atoms with E-state index in [1.165, 1.54) is 51.7 Å². The molecule has 2 atom stereocenters. The molecule has 2 unspecified atom stereocenters. The van der Waals surface area contributed by atoms with Gasteiger partial charge in [-0.3, -0.25) is 4.90 Å². The Kier molecular flexibility index (Phi) is 7.14. The molecule has 1 aliphatic rings. The van der Waals surface area contributed by atoms with Crippen LogP contribution in [-0.4, -0.2) is 36.6 Å². The molecular formula is C15H32N2. The van der Waals surface area contributed by atoms with Gasteiger partial charge in [0.25, 0.3) is 0 Å². The van der Waals surface area contributed by atoms with Crippen molar-refractivity contribution in [1.82, 2.24) is 10.2 Å². The number of unbranched alkanes of at least 4 members (excludes halogenated alkanes) is 2. The Hall–Kier alpha value is -0.0800. The maximum Gasteiger partial charge on any atom is 0.0218 e. The van der Waals surface area contributed by atoms with Gasteiger partial charge in [0.05, 0.1) is 0 Å². The summed E-state index contributed by atoms with van der Waals surface area (Å²) in [5.41, 5.74) is 0. The van der Waals surface area contributed by atoms with E-state index in [4.69, 9.17) is 0 Å². The molecule has 0 amide bonds. The SMILES string of the molecule is CCCCCN1CC(CC(C)C)NCC1CC. The third kappa shape index (κ3) is 5.39. The van der Waals surface area contributed by atoms with Gasteiger partial charge in [-0.25, -0.2) is 0 Å². The Balaban J connectivity index is 2.38. The van der Waals surface area contributed by atoms with Crippen LogP contribution in [0.25, 0.3) is 0 Å². The molecule has 0 aliphatic carbocycles. The molecule has 0 bridgehead atoms. The van der Waals surface area contributed by atoms with Crippen LogP contribution >= 0.6 is 0 Å². The van der Waals surface area contributed by atoms with Gasteiger partial charge in [-0.15, -0.1) is 0 Å². The number of nitrogens with zero attached hydrogens (tertiary/aromatic N) is 1. The molecule has 17 heavy (non-hydrogen) atoms. The molecule has 102 valence electrons. The van der Waals surface area contributed by atoms with Crippen LogP contribution in [-0.2, 0) is 0 Å². The van der Waals surface area contributed by atoms with E-state index < -0.39 is 0 Å². The van der Waals surface area contributed by atoms with Crippen molar-refractivity contribution in [3.63, 3.8) is 0 Å². The predicted octanol–water partition coefficient (Wildman–Crippen LogP) is 3.28. The summed E-state index contributed by atoms with van der Waals surface area (Å²) in [5.74, 6) is 0.808. The summed E-state index contributed by atoms with van der Waals surface area (Å²) >= 11 is 0. The fraction of sp³-hybridized carbons (Fsp3) is 1.00. The minimum absolute atomic E-state index is 0.722. The van der Waals surface area contributed by atoms with Crippen molar-refractivity contribution in [2.24, 2.45) is 5.92 Å². The second kappa shape index (κ2) is 8.10. The van der Waals surface area contributed by atoms with E-state index in [9.17, 15) is 0 Å². The lowest BCUT2D eigenvalue weighted by molar-refractivity contribution is 0.116. The summed E-state index contributed by atoms with van der Waals surface area (Å²) in [4.78, 5) is 2.74. The van der Waals surface area contributed by atoms with Crippen molar-refractivity contribution in [3.05, 3.63) is 0 Å². The van der Waals surface area contributed by atoms with Gasteiger partial charge in [-0.1, -0.05) is 40.5 Å². The Morgan fingerprint density at radius 3 is 2.59 bits per heavy atom. The molecule has 1 rings (SSSR count). The van der Waals surface area contributed by atoms with Crippen LogP contribution in [0.15, 0.2) is 0 Å². The highest BCUT2D eigenvalue weighted by Gasteiger charge is 2.26. The quantitative estimate of drug-likeness (QED) is 0.687. The Morgan fingerprint density at radius 1 is 1.24 bits per heavy atom. The summed E-state index contributed by atoms with van der Waals surface area (Å²) in [6.45, 7) is 13.0. The van der Waals surface area contributed by atoms with Crippen LogP contribution in [0, 0.1) is 5.92 Å². The molecule has 1 saturated heterocycles. The molecule has 2 nitrogen and oxygen atoms in total. The lowest BCUT2D eigenvalue weighted by Gasteiger charge is -2.40. The van der Waals surface area contributed by atoms with Crippen molar-refractivity contribution in [2.75, 3.05) is 19.6 Å². The lowest BCUT2D eigenvalue weighted by Crippen LogP contribution is -2.56. The first-order valence-corrected chi connectivity index (χ1v) is 7.64. The highest BCUT2D eigenvalue weighted by molar-refractivity contribution is 4.85. The summed E-state index contributed by atoms with van der Waals surface area (Å²) in [6.07, 6.45) is 6.70. The average Bonchev–Trinajstić information content (AvgIpc) is 2.29. The molecule has 0 aromatic heterocycles. The zero-order chi connectivity index (χ0) is 12.7. The van der Waals surface area contributed by atoms with Gasteiger partial charge >= 0.3 is 0 Å². The third-order valence-electron chi connectivity index (χ3n) is 3.89. The number of hydrogen-bond donors (Lipinski definition) is 1. The fourth-order valence-electron chi connectivity index (χ4n) is 2.90. The van der Waals surface area contributed by atoms with Crippen LogP contribution < -0.4 is 5.32 Å². The number of piperazine rings is 1. The molecule has 0 radical (unpaired) electrons. The van der Waals surface area contributed by atoms with Gasteiger partial charge < -0.3 is 5.32 Å². The van der Waals surface area contributed by atoms with Crippen molar-refractivity contribution in [2.45, 2.75) is 71.9 Å². The molecule has 1 N–H and O–H groups in total. The van der Waals surface area contributed by atoms with Crippen LogP contribution in [0.5, 0.6) is 0 Å². The standard InChI is InChI=1S/C15H32N2/c1-5-7-8-9-17-12-14(10-13(3)4)16-11-15(17)6-2/h13-16H,5-12H2,1-4H3. The van der Waals surface area contributed by atoms with Crippen molar-refractivity contribution < 1.29 is 0 Å². The molecule has 1 fully saturated rings. The first-order valence-electron chi connectivity index (χ1n) is 7.64. The van der Waals surface area contributed by atoms with E-state index in [1.54, 1.807) is 0 Å². The van der Waals surface area contributed by atoms with Crippen LogP contribution in [0.1, 0.15) is 59.8 Å². The van der Waals surface area contributed by atoms with Gasteiger partial charge in [0.1, 0.15) is 0 Å². The highest BCUT2D eigenvalue weighted by atomic mass is 15.2. The van der Waals surface area contributed by atoms with E-state index in [0.29, 0.717) is 0 Å². The zero-order valence-electron chi connectivity index (χ0n) is 12.3. The van der Waals surface area contributed by atoms with Gasteiger partial charge in [0.2, 0.25) is 0 Å². The normalized spacial score (nSPS) is 26.6. The molecule has 2 heteroatoms. The topological polar surface area (TPSA) is 15.3 Å². The summed E-state index contributed by atoms with van der Waals surface area (Å²) < 4.78 is 0. The first-order chi connectivity index (χ1) is 8.17. The predicted molar refractivity (Wildman–Crippen MR) is 76.4 cm³/mol. The van der Waals surface area contributed by atoms with Gasteiger partial charge in [0.15, 0.2) is 0 Å². The van der Waals surface area contributed by atoms with Crippen LogP contribution in [0.2, 0.25) is 0 Å². The first kappa shape index (κ1) is 15.0. The molecular weight excluding hydrogens is 208 g/mol. The Bertz CT molecular complexity index is 191. The number of hydrogen-bond acceptors (Lipinski definition) is 2. The molecule has 0 spiro atoms. The van der Waals surface area contributed by atoms with E-state index in [-0.39, 0.29) is 0 Å². The third-order valence-corrected chi connectivity index (χ3v) is 3.89. The van der Waals surface area contributed by atoms with E-state index >= 15 is 0 Å². The van der Waals surface area contributed by atoms with Gasteiger partial charge in [-0.05, 0) is 31.7 Å². The van der Waals surface area contributed by atoms with E-state index in [1.807, 2.05) is 0 Å². The minimum Gasteiger partial charge on any atom is -0.311 e. The Labute approximate surface area is 108 Å².